The highest BCUT2D eigenvalue weighted by molar-refractivity contribution is 7.90. The van der Waals surface area contributed by atoms with Crippen molar-refractivity contribution in [2.24, 2.45) is 4.99 Å². The molecular weight excluding hydrogens is 452 g/mol. The summed E-state index contributed by atoms with van der Waals surface area (Å²) in [7, 11) is -2.12. The van der Waals surface area contributed by atoms with E-state index in [9.17, 15) is 13.2 Å². The summed E-state index contributed by atoms with van der Waals surface area (Å²) in [5.41, 5.74) is 1.48. The van der Waals surface area contributed by atoms with Crippen molar-refractivity contribution in [1.29, 1.82) is 0 Å². The fourth-order valence-corrected chi connectivity index (χ4v) is 5.24. The molecule has 182 valence electrons. The zero-order chi connectivity index (χ0) is 24.0. The van der Waals surface area contributed by atoms with E-state index in [4.69, 9.17) is 4.74 Å². The second-order valence-corrected chi connectivity index (χ2v) is 10.5. The number of aliphatic imine (C=N–C) groups is 1. The van der Waals surface area contributed by atoms with Gasteiger partial charge in [-0.2, -0.15) is 0 Å². The Morgan fingerprint density at radius 3 is 2.74 bits per heavy atom. The van der Waals surface area contributed by atoms with E-state index in [1.165, 1.54) is 12.1 Å². The number of rotatable bonds is 9. The number of anilines is 1. The highest BCUT2D eigenvalue weighted by Crippen LogP contribution is 2.30. The molecule has 1 aliphatic carbocycles. The van der Waals surface area contributed by atoms with Gasteiger partial charge in [-0.05, 0) is 49.9 Å². The molecule has 4 rings (SSSR count). The number of ether oxygens (including phenoxy) is 1. The van der Waals surface area contributed by atoms with Crippen molar-refractivity contribution in [3.05, 3.63) is 54.1 Å². The number of para-hydroxylation sites is 1. The number of amidine groups is 1. The van der Waals surface area contributed by atoms with Gasteiger partial charge < -0.3 is 10.1 Å². The van der Waals surface area contributed by atoms with E-state index in [-0.39, 0.29) is 17.3 Å². The zero-order valence-electron chi connectivity index (χ0n) is 19.5. The number of benzene rings is 2. The first-order valence-electron chi connectivity index (χ1n) is 11.8. The Labute approximate surface area is 201 Å². The molecule has 1 aliphatic heterocycles. The minimum absolute atomic E-state index is 0.102. The lowest BCUT2D eigenvalue weighted by atomic mass is 10.2. The molecule has 2 aromatic rings. The Bertz CT molecular complexity index is 1150. The third-order valence-electron chi connectivity index (χ3n) is 6.03. The fraction of sp³-hybridized carbons (Fsp3) is 0.440. The maximum Gasteiger partial charge on any atom is 0.262 e. The van der Waals surface area contributed by atoms with Crippen molar-refractivity contribution in [2.75, 3.05) is 25.5 Å². The lowest BCUT2D eigenvalue weighted by Gasteiger charge is -2.22. The maximum atomic E-state index is 12.9. The van der Waals surface area contributed by atoms with E-state index >= 15 is 0 Å². The average Bonchev–Trinajstić information content (AvgIpc) is 3.67. The first-order chi connectivity index (χ1) is 16.4. The number of hydrogen-bond acceptors (Lipinski definition) is 6. The molecule has 2 N–H and O–H groups in total. The van der Waals surface area contributed by atoms with Crippen LogP contribution < -0.4 is 14.8 Å². The van der Waals surface area contributed by atoms with Crippen LogP contribution in [0.25, 0.3) is 0 Å². The van der Waals surface area contributed by atoms with Crippen LogP contribution in [0.15, 0.2) is 58.4 Å². The quantitative estimate of drug-likeness (QED) is 0.567. The number of nitrogens with one attached hydrogen (secondary N) is 2. The van der Waals surface area contributed by atoms with Gasteiger partial charge in [0.05, 0.1) is 18.6 Å². The summed E-state index contributed by atoms with van der Waals surface area (Å²) in [6.45, 7) is 1.47. The third kappa shape index (κ3) is 6.57. The lowest BCUT2D eigenvalue weighted by Crippen LogP contribution is -2.34. The molecule has 1 fully saturated rings. The number of amides is 1. The van der Waals surface area contributed by atoms with Crippen LogP contribution in [0.5, 0.6) is 5.75 Å². The first kappa shape index (κ1) is 24.2. The predicted molar refractivity (Wildman–Crippen MR) is 133 cm³/mol. The van der Waals surface area contributed by atoms with Crippen molar-refractivity contribution in [3.8, 4) is 5.75 Å². The van der Waals surface area contributed by atoms with Gasteiger partial charge in [0.2, 0.25) is 5.91 Å². The Balaban J connectivity index is 1.40. The molecule has 0 aromatic heterocycles. The van der Waals surface area contributed by atoms with Crippen molar-refractivity contribution in [1.82, 2.24) is 9.62 Å². The Morgan fingerprint density at radius 2 is 1.94 bits per heavy atom. The van der Waals surface area contributed by atoms with Crippen LogP contribution in [-0.2, 0) is 21.4 Å². The van der Waals surface area contributed by atoms with E-state index in [2.05, 4.69) is 19.9 Å². The van der Waals surface area contributed by atoms with Crippen molar-refractivity contribution in [2.45, 2.75) is 56.0 Å². The van der Waals surface area contributed by atoms with Crippen LogP contribution >= 0.6 is 0 Å². The van der Waals surface area contributed by atoms with E-state index in [0.29, 0.717) is 37.1 Å². The number of methoxy groups -OCH3 is 1. The van der Waals surface area contributed by atoms with Gasteiger partial charge >= 0.3 is 0 Å². The summed E-state index contributed by atoms with van der Waals surface area (Å²) in [6.07, 6.45) is 5.69. The van der Waals surface area contributed by atoms with Gasteiger partial charge in [-0.1, -0.05) is 30.7 Å². The van der Waals surface area contributed by atoms with Crippen molar-refractivity contribution < 1.29 is 17.9 Å². The number of carbonyl (C=O) groups is 1. The molecule has 34 heavy (non-hydrogen) atoms. The standard InChI is InChI=1S/C25H32N4O4S/c1-33-23-11-5-4-8-19(23)17-29(21-13-14-21)18-25(30)27-20-9-7-10-22(16-20)34(31,32)28-24-12-3-2-6-15-26-24/h4-5,7-11,16,21H,2-3,6,12-15,17-18H2,1H3,(H,26,28)(H,27,30). The molecule has 0 saturated heterocycles. The molecule has 9 heteroatoms. The lowest BCUT2D eigenvalue weighted by molar-refractivity contribution is -0.117. The summed E-state index contributed by atoms with van der Waals surface area (Å²) < 4.78 is 33.8. The largest absolute Gasteiger partial charge is 0.496 e. The van der Waals surface area contributed by atoms with Crippen molar-refractivity contribution in [3.63, 3.8) is 0 Å². The molecule has 0 atom stereocenters. The number of nitrogens with zero attached hydrogens (tertiary/aromatic N) is 2. The summed E-state index contributed by atoms with van der Waals surface area (Å²) >= 11 is 0. The van der Waals surface area contributed by atoms with Crippen LogP contribution in [-0.4, -0.2) is 51.3 Å². The van der Waals surface area contributed by atoms with Gasteiger partial charge in [-0.3, -0.25) is 19.4 Å². The second kappa shape index (κ2) is 11.0. The summed E-state index contributed by atoms with van der Waals surface area (Å²) in [6, 6.07) is 14.5. The minimum atomic E-state index is -3.77. The normalized spacial score (nSPS) is 16.5. The van der Waals surface area contributed by atoms with E-state index in [0.717, 1.165) is 43.4 Å². The van der Waals surface area contributed by atoms with Gasteiger partial charge in [-0.15, -0.1) is 0 Å². The van der Waals surface area contributed by atoms with Gasteiger partial charge in [-0.25, -0.2) is 8.42 Å². The van der Waals surface area contributed by atoms with Gasteiger partial charge in [0.25, 0.3) is 10.0 Å². The minimum Gasteiger partial charge on any atom is -0.496 e. The molecule has 1 amide bonds. The van der Waals surface area contributed by atoms with Gasteiger partial charge in [0.15, 0.2) is 0 Å². The first-order valence-corrected chi connectivity index (χ1v) is 13.2. The molecular formula is C25H32N4O4S. The molecule has 0 radical (unpaired) electrons. The zero-order valence-corrected chi connectivity index (χ0v) is 20.3. The third-order valence-corrected chi connectivity index (χ3v) is 7.41. The van der Waals surface area contributed by atoms with E-state index < -0.39 is 10.0 Å². The predicted octanol–water partition coefficient (Wildman–Crippen LogP) is 3.55. The molecule has 0 unspecified atom stereocenters. The summed E-state index contributed by atoms with van der Waals surface area (Å²) in [4.78, 5) is 19.4. The second-order valence-electron chi connectivity index (χ2n) is 8.77. The topological polar surface area (TPSA) is 100 Å². The number of carbonyl (C=O) groups excluding carboxylic acids is 1. The molecule has 1 heterocycles. The van der Waals surface area contributed by atoms with Crippen LogP contribution in [0, 0.1) is 0 Å². The molecule has 0 spiro atoms. The van der Waals surface area contributed by atoms with Crippen LogP contribution in [0.3, 0.4) is 0 Å². The SMILES string of the molecule is COc1ccccc1CN(CC(=O)Nc1cccc(S(=O)(=O)NC2=NCCCCC2)c1)C1CC1. The molecule has 2 aromatic carbocycles. The maximum absolute atomic E-state index is 12.9. The molecule has 8 nitrogen and oxygen atoms in total. The Hall–Kier alpha value is -2.91. The van der Waals surface area contributed by atoms with Crippen LogP contribution in [0.4, 0.5) is 5.69 Å². The highest BCUT2D eigenvalue weighted by atomic mass is 32.2. The Kier molecular flexibility index (Phi) is 7.84. The summed E-state index contributed by atoms with van der Waals surface area (Å²) in [5, 5.41) is 2.86. The average molecular weight is 485 g/mol. The number of sulfonamides is 1. The van der Waals surface area contributed by atoms with E-state index in [1.54, 1.807) is 19.2 Å². The van der Waals surface area contributed by atoms with Gasteiger partial charge in [0.1, 0.15) is 11.6 Å². The smallest absolute Gasteiger partial charge is 0.262 e. The molecule has 0 bridgehead atoms. The monoisotopic (exact) mass is 484 g/mol. The van der Waals surface area contributed by atoms with E-state index in [1.807, 2.05) is 24.3 Å². The van der Waals surface area contributed by atoms with Gasteiger partial charge in [0, 0.05) is 36.8 Å². The summed E-state index contributed by atoms with van der Waals surface area (Å²) in [5.74, 6) is 1.12. The molecule has 1 saturated carbocycles. The fourth-order valence-electron chi connectivity index (χ4n) is 4.10. The number of hydrogen-bond donors (Lipinski definition) is 2. The molecule has 2 aliphatic rings. The highest BCUT2D eigenvalue weighted by Gasteiger charge is 2.31. The van der Waals surface area contributed by atoms with Crippen molar-refractivity contribution >= 4 is 27.5 Å². The van der Waals surface area contributed by atoms with Crippen LogP contribution in [0.2, 0.25) is 0 Å². The Morgan fingerprint density at radius 1 is 1.12 bits per heavy atom. The van der Waals surface area contributed by atoms with Crippen LogP contribution in [0.1, 0.15) is 44.1 Å².